The van der Waals surface area contributed by atoms with Crippen LogP contribution in [-0.4, -0.2) is 12.6 Å². The van der Waals surface area contributed by atoms with Crippen molar-refractivity contribution in [3.05, 3.63) is 34.4 Å². The number of carbonyl (C=O) groups excluding carboxylic acids is 1. The first kappa shape index (κ1) is 13.2. The van der Waals surface area contributed by atoms with E-state index in [1.165, 1.54) is 0 Å². The summed E-state index contributed by atoms with van der Waals surface area (Å²) in [6.07, 6.45) is 0.735. The van der Waals surface area contributed by atoms with Crippen LogP contribution in [0.4, 0.5) is 0 Å². The monoisotopic (exact) mass is 232 g/mol. The molecular formula is C13H16N2O2. The van der Waals surface area contributed by atoms with Gasteiger partial charge in [-0.25, -0.2) is 4.79 Å². The number of hydrogen-bond donors (Lipinski definition) is 1. The topological polar surface area (TPSA) is 76.1 Å². The van der Waals surface area contributed by atoms with Crippen molar-refractivity contribution in [3.8, 4) is 6.07 Å². The van der Waals surface area contributed by atoms with Gasteiger partial charge in [0.2, 0.25) is 0 Å². The third kappa shape index (κ3) is 2.63. The maximum atomic E-state index is 11.7. The van der Waals surface area contributed by atoms with Crippen molar-refractivity contribution in [1.29, 1.82) is 5.26 Å². The lowest BCUT2D eigenvalue weighted by Crippen LogP contribution is -2.13. The summed E-state index contributed by atoms with van der Waals surface area (Å²) in [6.45, 7) is 4.16. The number of nitrogens with two attached hydrogens (primary N) is 1. The zero-order valence-corrected chi connectivity index (χ0v) is 10.1. The number of hydrogen-bond acceptors (Lipinski definition) is 4. The van der Waals surface area contributed by atoms with Gasteiger partial charge in [0, 0.05) is 6.54 Å². The van der Waals surface area contributed by atoms with E-state index in [0.29, 0.717) is 23.3 Å². The van der Waals surface area contributed by atoms with Crippen LogP contribution in [0, 0.1) is 11.3 Å². The van der Waals surface area contributed by atoms with Crippen molar-refractivity contribution >= 4 is 5.97 Å². The molecule has 0 spiro atoms. The Morgan fingerprint density at radius 1 is 1.47 bits per heavy atom. The molecular weight excluding hydrogens is 216 g/mol. The summed E-state index contributed by atoms with van der Waals surface area (Å²) < 4.78 is 4.94. The summed E-state index contributed by atoms with van der Waals surface area (Å²) in [5.41, 5.74) is 8.00. The van der Waals surface area contributed by atoms with E-state index in [0.717, 1.165) is 12.0 Å². The summed E-state index contributed by atoms with van der Waals surface area (Å²) in [6, 6.07) is 5.58. The molecule has 4 nitrogen and oxygen atoms in total. The Balaban J connectivity index is 3.34. The third-order valence-electron chi connectivity index (χ3n) is 2.59. The molecule has 0 amide bonds. The van der Waals surface area contributed by atoms with Crippen LogP contribution >= 0.6 is 0 Å². The smallest absolute Gasteiger partial charge is 0.338 e. The number of carbonyl (C=O) groups is 1. The highest BCUT2D eigenvalue weighted by Gasteiger charge is 2.17. The summed E-state index contributed by atoms with van der Waals surface area (Å²) >= 11 is 0. The van der Waals surface area contributed by atoms with Crippen molar-refractivity contribution in [2.24, 2.45) is 5.73 Å². The Bertz CT molecular complexity index is 461. The molecule has 0 aliphatic rings. The average Bonchev–Trinajstić information content (AvgIpc) is 2.36. The minimum absolute atomic E-state index is 0.158. The van der Waals surface area contributed by atoms with Crippen LogP contribution in [0.25, 0.3) is 0 Å². The van der Waals surface area contributed by atoms with Gasteiger partial charge in [0.05, 0.1) is 23.8 Å². The molecule has 0 radical (unpaired) electrons. The highest BCUT2D eigenvalue weighted by atomic mass is 16.5. The molecule has 0 aliphatic heterocycles. The molecule has 0 bridgehead atoms. The van der Waals surface area contributed by atoms with Gasteiger partial charge < -0.3 is 10.5 Å². The molecule has 17 heavy (non-hydrogen) atoms. The van der Waals surface area contributed by atoms with Gasteiger partial charge in [-0.05, 0) is 30.5 Å². The van der Waals surface area contributed by atoms with E-state index >= 15 is 0 Å². The molecule has 90 valence electrons. The number of ether oxygens (including phenoxy) is 1. The molecule has 2 N–H and O–H groups in total. The van der Waals surface area contributed by atoms with Crippen LogP contribution in [0.15, 0.2) is 12.1 Å². The zero-order chi connectivity index (χ0) is 12.8. The number of rotatable bonds is 4. The standard InChI is InChI=1S/C13H16N2O2/c1-3-9-5-6-10(13(16)17-4-2)12(8-15)11(9)7-14/h5-6H,3-4,8,15H2,1-2H3. The highest BCUT2D eigenvalue weighted by molar-refractivity contribution is 5.92. The molecule has 1 aromatic rings. The Labute approximate surface area is 101 Å². The fourth-order valence-electron chi connectivity index (χ4n) is 1.74. The predicted octanol–water partition coefficient (Wildman–Crippen LogP) is 1.76. The van der Waals surface area contributed by atoms with E-state index in [1.807, 2.05) is 6.92 Å². The SMILES string of the molecule is CCOC(=O)c1ccc(CC)c(C#N)c1CN. The first-order valence-electron chi connectivity index (χ1n) is 5.61. The van der Waals surface area contributed by atoms with E-state index < -0.39 is 5.97 Å². The summed E-state index contributed by atoms with van der Waals surface area (Å²) in [5.74, 6) is -0.424. The molecule has 0 heterocycles. The molecule has 0 unspecified atom stereocenters. The van der Waals surface area contributed by atoms with E-state index in [1.54, 1.807) is 19.1 Å². The third-order valence-corrected chi connectivity index (χ3v) is 2.59. The molecule has 1 rings (SSSR count). The van der Waals surface area contributed by atoms with Gasteiger partial charge in [-0.3, -0.25) is 0 Å². The summed E-state index contributed by atoms with van der Waals surface area (Å²) in [4.78, 5) is 11.7. The summed E-state index contributed by atoms with van der Waals surface area (Å²) in [5, 5.41) is 9.14. The Hall–Kier alpha value is -1.86. The van der Waals surface area contributed by atoms with E-state index in [9.17, 15) is 4.79 Å². The Kier molecular flexibility index (Phi) is 4.68. The second-order valence-electron chi connectivity index (χ2n) is 3.52. The van der Waals surface area contributed by atoms with Crippen molar-refractivity contribution in [3.63, 3.8) is 0 Å². The Morgan fingerprint density at radius 2 is 2.18 bits per heavy atom. The van der Waals surface area contributed by atoms with Crippen molar-refractivity contribution in [1.82, 2.24) is 0 Å². The summed E-state index contributed by atoms with van der Waals surface area (Å²) in [7, 11) is 0. The van der Waals surface area contributed by atoms with Crippen molar-refractivity contribution in [2.75, 3.05) is 6.61 Å². The van der Waals surface area contributed by atoms with Gasteiger partial charge in [0.15, 0.2) is 0 Å². The van der Waals surface area contributed by atoms with E-state index in [2.05, 4.69) is 6.07 Å². The minimum atomic E-state index is -0.424. The number of benzene rings is 1. The number of nitriles is 1. The highest BCUT2D eigenvalue weighted by Crippen LogP contribution is 2.20. The molecule has 0 fully saturated rings. The fraction of sp³-hybridized carbons (Fsp3) is 0.385. The van der Waals surface area contributed by atoms with Gasteiger partial charge in [-0.15, -0.1) is 0 Å². The molecule has 0 atom stereocenters. The van der Waals surface area contributed by atoms with Gasteiger partial charge in [-0.2, -0.15) is 5.26 Å². The number of esters is 1. The molecule has 0 aromatic heterocycles. The zero-order valence-electron chi connectivity index (χ0n) is 10.1. The van der Waals surface area contributed by atoms with Gasteiger partial charge in [0.25, 0.3) is 0 Å². The van der Waals surface area contributed by atoms with Gasteiger partial charge in [-0.1, -0.05) is 13.0 Å². The first-order chi connectivity index (χ1) is 8.19. The first-order valence-corrected chi connectivity index (χ1v) is 5.61. The van der Waals surface area contributed by atoms with E-state index in [-0.39, 0.29) is 6.54 Å². The van der Waals surface area contributed by atoms with Crippen LogP contribution in [0.5, 0.6) is 0 Å². The van der Waals surface area contributed by atoms with Gasteiger partial charge in [0.1, 0.15) is 0 Å². The maximum absolute atomic E-state index is 11.7. The predicted molar refractivity (Wildman–Crippen MR) is 64.4 cm³/mol. The molecule has 4 heteroatoms. The number of nitrogens with zero attached hydrogens (tertiary/aromatic N) is 1. The largest absolute Gasteiger partial charge is 0.462 e. The van der Waals surface area contributed by atoms with E-state index in [4.69, 9.17) is 15.7 Å². The Morgan fingerprint density at radius 3 is 2.65 bits per heavy atom. The lowest BCUT2D eigenvalue weighted by Gasteiger charge is -2.11. The molecule has 0 saturated heterocycles. The maximum Gasteiger partial charge on any atom is 0.338 e. The lowest BCUT2D eigenvalue weighted by atomic mass is 9.95. The molecule has 0 aliphatic carbocycles. The fourth-order valence-corrected chi connectivity index (χ4v) is 1.74. The lowest BCUT2D eigenvalue weighted by molar-refractivity contribution is 0.0525. The molecule has 0 saturated carbocycles. The quantitative estimate of drug-likeness (QED) is 0.802. The second-order valence-corrected chi connectivity index (χ2v) is 3.52. The minimum Gasteiger partial charge on any atom is -0.462 e. The average molecular weight is 232 g/mol. The van der Waals surface area contributed by atoms with Crippen LogP contribution < -0.4 is 5.73 Å². The van der Waals surface area contributed by atoms with Crippen LogP contribution in [-0.2, 0) is 17.7 Å². The van der Waals surface area contributed by atoms with Crippen LogP contribution in [0.1, 0.15) is 40.9 Å². The number of aryl methyl sites for hydroxylation is 1. The van der Waals surface area contributed by atoms with Gasteiger partial charge >= 0.3 is 5.97 Å². The van der Waals surface area contributed by atoms with Crippen molar-refractivity contribution < 1.29 is 9.53 Å². The van der Waals surface area contributed by atoms with Crippen LogP contribution in [0.2, 0.25) is 0 Å². The molecule has 1 aromatic carbocycles. The van der Waals surface area contributed by atoms with Crippen molar-refractivity contribution in [2.45, 2.75) is 26.8 Å². The normalized spacial score (nSPS) is 9.76. The van der Waals surface area contributed by atoms with Crippen LogP contribution in [0.3, 0.4) is 0 Å². The second kappa shape index (κ2) is 6.02.